The molecule has 2 rings (SSSR count). The van der Waals surface area contributed by atoms with Crippen LogP contribution in [0.2, 0.25) is 0 Å². The fourth-order valence-corrected chi connectivity index (χ4v) is 2.78. The number of aromatic nitrogens is 2. The lowest BCUT2D eigenvalue weighted by molar-refractivity contribution is 0.0491. The van der Waals surface area contributed by atoms with Gasteiger partial charge in [0.15, 0.2) is 0 Å². The molecule has 3 N–H and O–H groups in total. The quantitative estimate of drug-likeness (QED) is 0.796. The summed E-state index contributed by atoms with van der Waals surface area (Å²) in [5, 5.41) is 18.6. The number of nitrogens with one attached hydrogen (secondary N) is 2. The molecule has 1 aromatic heterocycles. The molecule has 0 unspecified atom stereocenters. The van der Waals surface area contributed by atoms with E-state index < -0.39 is 17.7 Å². The van der Waals surface area contributed by atoms with Gasteiger partial charge in [0, 0.05) is 12.0 Å². The summed E-state index contributed by atoms with van der Waals surface area (Å²) in [4.78, 5) is 22.9. The highest BCUT2D eigenvalue weighted by atomic mass is 16.6. The number of aromatic carboxylic acids is 1. The number of ether oxygens (including phenoxy) is 1. The first-order valence-electron chi connectivity index (χ1n) is 7.52. The Morgan fingerprint density at radius 3 is 2.50 bits per heavy atom. The van der Waals surface area contributed by atoms with Crippen LogP contribution in [0, 0.1) is 0 Å². The number of alkyl carbamates (subject to hydrolysis) is 1. The number of carboxylic acid groups (broad SMARTS) is 1. The normalized spacial score (nSPS) is 22.1. The average molecular weight is 309 g/mol. The number of aromatic amines is 1. The molecule has 0 saturated heterocycles. The van der Waals surface area contributed by atoms with Gasteiger partial charge in [-0.2, -0.15) is 5.10 Å². The Morgan fingerprint density at radius 2 is 1.95 bits per heavy atom. The van der Waals surface area contributed by atoms with Crippen LogP contribution in [-0.2, 0) is 4.74 Å². The zero-order valence-electron chi connectivity index (χ0n) is 13.2. The van der Waals surface area contributed by atoms with E-state index in [2.05, 4.69) is 15.5 Å². The van der Waals surface area contributed by atoms with Gasteiger partial charge in [0.2, 0.25) is 0 Å². The second kappa shape index (κ2) is 6.37. The SMILES string of the molecule is CC(C)(C)OC(=O)NC1CCC(c2[nH]ncc2C(=O)O)CC1. The van der Waals surface area contributed by atoms with Crippen molar-refractivity contribution in [3.8, 4) is 0 Å². The van der Waals surface area contributed by atoms with Gasteiger partial charge in [-0.15, -0.1) is 0 Å². The molecule has 0 aromatic carbocycles. The molecule has 0 spiro atoms. The second-order valence-electron chi connectivity index (χ2n) is 6.70. The third kappa shape index (κ3) is 4.22. The number of hydrogen-bond donors (Lipinski definition) is 3. The number of carbonyl (C=O) groups is 2. The van der Waals surface area contributed by atoms with E-state index in [9.17, 15) is 9.59 Å². The number of carboxylic acids is 1. The molecule has 1 heterocycles. The molecule has 1 saturated carbocycles. The summed E-state index contributed by atoms with van der Waals surface area (Å²) in [7, 11) is 0. The van der Waals surface area contributed by atoms with Gasteiger partial charge < -0.3 is 15.2 Å². The summed E-state index contributed by atoms with van der Waals surface area (Å²) in [5.74, 6) is -0.817. The Balaban J connectivity index is 1.87. The number of hydrogen-bond acceptors (Lipinski definition) is 4. The van der Waals surface area contributed by atoms with E-state index in [4.69, 9.17) is 9.84 Å². The molecule has 0 atom stereocenters. The fraction of sp³-hybridized carbons (Fsp3) is 0.667. The van der Waals surface area contributed by atoms with E-state index in [1.807, 2.05) is 20.8 Å². The van der Waals surface area contributed by atoms with Crippen LogP contribution in [0.15, 0.2) is 6.20 Å². The Morgan fingerprint density at radius 1 is 1.32 bits per heavy atom. The Labute approximate surface area is 129 Å². The van der Waals surface area contributed by atoms with Crippen LogP contribution in [-0.4, -0.2) is 39.0 Å². The summed E-state index contributed by atoms with van der Waals surface area (Å²) in [6.07, 6.45) is 4.15. The molecule has 0 aliphatic heterocycles. The first-order chi connectivity index (χ1) is 10.3. The molecule has 1 aromatic rings. The van der Waals surface area contributed by atoms with E-state index in [1.165, 1.54) is 6.20 Å². The average Bonchev–Trinajstić information content (AvgIpc) is 2.86. The molecular weight excluding hydrogens is 286 g/mol. The minimum Gasteiger partial charge on any atom is -0.478 e. The van der Waals surface area contributed by atoms with Crippen molar-refractivity contribution in [1.29, 1.82) is 0 Å². The standard InChI is InChI=1S/C15H23N3O4/c1-15(2,3)22-14(21)17-10-6-4-9(5-7-10)12-11(13(19)20)8-16-18-12/h8-10H,4-7H2,1-3H3,(H,16,18)(H,17,21)(H,19,20). The molecule has 1 fully saturated rings. The molecule has 0 bridgehead atoms. The van der Waals surface area contributed by atoms with Gasteiger partial charge in [0.05, 0.1) is 11.9 Å². The Bertz CT molecular complexity index is 539. The Kier molecular flexibility index (Phi) is 4.73. The third-order valence-electron chi connectivity index (χ3n) is 3.76. The first kappa shape index (κ1) is 16.3. The molecule has 1 aliphatic rings. The lowest BCUT2D eigenvalue weighted by Gasteiger charge is -2.29. The van der Waals surface area contributed by atoms with Crippen LogP contribution in [0.5, 0.6) is 0 Å². The predicted molar refractivity (Wildman–Crippen MR) is 79.9 cm³/mol. The highest BCUT2D eigenvalue weighted by molar-refractivity contribution is 5.88. The summed E-state index contributed by atoms with van der Waals surface area (Å²) in [6.45, 7) is 5.49. The largest absolute Gasteiger partial charge is 0.478 e. The van der Waals surface area contributed by atoms with E-state index in [0.717, 1.165) is 25.7 Å². The molecule has 0 radical (unpaired) electrons. The van der Waals surface area contributed by atoms with Gasteiger partial charge in [-0.3, -0.25) is 5.10 Å². The van der Waals surface area contributed by atoms with Crippen molar-refractivity contribution in [2.24, 2.45) is 0 Å². The number of carbonyl (C=O) groups excluding carboxylic acids is 1. The fourth-order valence-electron chi connectivity index (χ4n) is 2.78. The number of amides is 1. The maximum atomic E-state index is 11.8. The lowest BCUT2D eigenvalue weighted by Crippen LogP contribution is -2.40. The van der Waals surface area contributed by atoms with Crippen LogP contribution in [0.25, 0.3) is 0 Å². The number of rotatable bonds is 3. The molecular formula is C15H23N3O4. The van der Waals surface area contributed by atoms with Crippen LogP contribution >= 0.6 is 0 Å². The molecule has 1 amide bonds. The second-order valence-corrected chi connectivity index (χ2v) is 6.70. The van der Waals surface area contributed by atoms with Crippen LogP contribution < -0.4 is 5.32 Å². The monoisotopic (exact) mass is 309 g/mol. The van der Waals surface area contributed by atoms with Crippen molar-refractivity contribution >= 4 is 12.1 Å². The maximum absolute atomic E-state index is 11.8. The summed E-state index contributed by atoms with van der Waals surface area (Å²) in [6, 6.07) is 0.0716. The molecule has 7 nitrogen and oxygen atoms in total. The van der Waals surface area contributed by atoms with Crippen LogP contribution in [0.1, 0.15) is 68.4 Å². The van der Waals surface area contributed by atoms with Crippen molar-refractivity contribution in [3.63, 3.8) is 0 Å². The van der Waals surface area contributed by atoms with Crippen LogP contribution in [0.3, 0.4) is 0 Å². The summed E-state index contributed by atoms with van der Waals surface area (Å²) in [5.41, 5.74) is 0.417. The number of H-pyrrole nitrogens is 1. The van der Waals surface area contributed by atoms with Gasteiger partial charge in [-0.05, 0) is 46.5 Å². The highest BCUT2D eigenvalue weighted by Crippen LogP contribution is 2.33. The minimum absolute atomic E-state index is 0.0716. The molecule has 22 heavy (non-hydrogen) atoms. The summed E-state index contributed by atoms with van der Waals surface area (Å²) < 4.78 is 5.25. The molecule has 1 aliphatic carbocycles. The third-order valence-corrected chi connectivity index (χ3v) is 3.76. The lowest BCUT2D eigenvalue weighted by atomic mass is 9.83. The van der Waals surface area contributed by atoms with Gasteiger partial charge in [0.25, 0.3) is 0 Å². The van der Waals surface area contributed by atoms with Gasteiger partial charge in [-0.25, -0.2) is 9.59 Å². The van der Waals surface area contributed by atoms with E-state index in [-0.39, 0.29) is 17.5 Å². The highest BCUT2D eigenvalue weighted by Gasteiger charge is 2.28. The van der Waals surface area contributed by atoms with Crippen molar-refractivity contribution < 1.29 is 19.4 Å². The minimum atomic E-state index is -0.960. The smallest absolute Gasteiger partial charge is 0.407 e. The summed E-state index contributed by atoms with van der Waals surface area (Å²) >= 11 is 0. The van der Waals surface area contributed by atoms with Crippen molar-refractivity contribution in [2.75, 3.05) is 0 Å². The van der Waals surface area contributed by atoms with Gasteiger partial charge in [0.1, 0.15) is 11.2 Å². The predicted octanol–water partition coefficient (Wildman–Crippen LogP) is 2.66. The van der Waals surface area contributed by atoms with Gasteiger partial charge in [-0.1, -0.05) is 0 Å². The Hall–Kier alpha value is -2.05. The zero-order chi connectivity index (χ0) is 16.3. The number of nitrogens with zero attached hydrogens (tertiary/aromatic N) is 1. The van der Waals surface area contributed by atoms with E-state index in [1.54, 1.807) is 0 Å². The maximum Gasteiger partial charge on any atom is 0.407 e. The van der Waals surface area contributed by atoms with Gasteiger partial charge >= 0.3 is 12.1 Å². The van der Waals surface area contributed by atoms with Crippen LogP contribution in [0.4, 0.5) is 4.79 Å². The van der Waals surface area contributed by atoms with Crippen molar-refractivity contribution in [3.05, 3.63) is 17.5 Å². The first-order valence-corrected chi connectivity index (χ1v) is 7.52. The van der Waals surface area contributed by atoms with E-state index in [0.29, 0.717) is 5.69 Å². The van der Waals surface area contributed by atoms with E-state index >= 15 is 0 Å². The van der Waals surface area contributed by atoms with Crippen molar-refractivity contribution in [1.82, 2.24) is 15.5 Å². The topological polar surface area (TPSA) is 104 Å². The van der Waals surface area contributed by atoms with Crippen molar-refractivity contribution in [2.45, 2.75) is 64.0 Å². The molecule has 122 valence electrons. The molecule has 7 heteroatoms. The zero-order valence-corrected chi connectivity index (χ0v) is 13.2.